The third-order valence-electron chi connectivity index (χ3n) is 3.26. The largest absolute Gasteiger partial charge is 0.468 e. The molecule has 0 radical (unpaired) electrons. The molecular weight excluding hydrogens is 218 g/mol. The van der Waals surface area contributed by atoms with Gasteiger partial charge in [-0.25, -0.2) is 4.98 Å². The van der Waals surface area contributed by atoms with Crippen molar-refractivity contribution >= 4 is 5.97 Å². The van der Waals surface area contributed by atoms with E-state index in [9.17, 15) is 4.79 Å². The van der Waals surface area contributed by atoms with E-state index < -0.39 is 11.5 Å². The van der Waals surface area contributed by atoms with Crippen LogP contribution in [0.4, 0.5) is 0 Å². The molecular formula is C12H19N3O2. The summed E-state index contributed by atoms with van der Waals surface area (Å²) in [7, 11) is 1.36. The fourth-order valence-corrected chi connectivity index (χ4v) is 2.32. The van der Waals surface area contributed by atoms with Crippen LogP contribution in [-0.2, 0) is 28.9 Å². The van der Waals surface area contributed by atoms with E-state index in [4.69, 9.17) is 10.5 Å². The van der Waals surface area contributed by atoms with E-state index >= 15 is 0 Å². The van der Waals surface area contributed by atoms with Gasteiger partial charge in [-0.05, 0) is 32.6 Å². The summed E-state index contributed by atoms with van der Waals surface area (Å²) < 4.78 is 6.70. The molecule has 2 N–H and O–H groups in total. The lowest BCUT2D eigenvalue weighted by atomic mass is 9.99. The summed E-state index contributed by atoms with van der Waals surface area (Å²) in [4.78, 5) is 15.9. The molecule has 0 aliphatic heterocycles. The van der Waals surface area contributed by atoms with E-state index in [0.717, 1.165) is 18.5 Å². The number of nitrogens with zero attached hydrogens (tertiary/aromatic N) is 2. The second-order valence-corrected chi connectivity index (χ2v) is 4.88. The van der Waals surface area contributed by atoms with Gasteiger partial charge in [-0.1, -0.05) is 0 Å². The van der Waals surface area contributed by atoms with E-state index in [-0.39, 0.29) is 0 Å². The van der Waals surface area contributed by atoms with Gasteiger partial charge in [0.05, 0.1) is 25.7 Å². The van der Waals surface area contributed by atoms with Crippen LogP contribution in [0.2, 0.25) is 0 Å². The molecule has 1 aliphatic rings. The number of rotatable bonds is 3. The van der Waals surface area contributed by atoms with Crippen LogP contribution < -0.4 is 5.73 Å². The number of imidazole rings is 1. The van der Waals surface area contributed by atoms with Crippen LogP contribution in [0.25, 0.3) is 0 Å². The number of aromatic nitrogens is 2. The first kappa shape index (κ1) is 12.1. The lowest BCUT2D eigenvalue weighted by Gasteiger charge is -2.24. The number of ether oxygens (including phenoxy) is 1. The molecule has 1 unspecified atom stereocenters. The second-order valence-electron chi connectivity index (χ2n) is 4.88. The number of aryl methyl sites for hydroxylation is 1. The first-order valence-electron chi connectivity index (χ1n) is 5.95. The fraction of sp³-hybridized carbons (Fsp3) is 0.667. The number of carbonyl (C=O) groups excluding carboxylic acids is 1. The predicted octanol–water partition coefficient (Wildman–Crippen LogP) is 0.652. The van der Waals surface area contributed by atoms with Crippen molar-refractivity contribution in [3.05, 3.63) is 17.7 Å². The van der Waals surface area contributed by atoms with Crippen LogP contribution in [0.5, 0.6) is 0 Å². The van der Waals surface area contributed by atoms with E-state index in [0.29, 0.717) is 6.54 Å². The van der Waals surface area contributed by atoms with Gasteiger partial charge < -0.3 is 15.0 Å². The minimum atomic E-state index is -0.999. The van der Waals surface area contributed by atoms with Crippen LogP contribution in [0.15, 0.2) is 6.33 Å². The molecule has 17 heavy (non-hydrogen) atoms. The van der Waals surface area contributed by atoms with Crippen molar-refractivity contribution in [1.29, 1.82) is 0 Å². The molecule has 1 aliphatic carbocycles. The topological polar surface area (TPSA) is 70.1 Å². The SMILES string of the molecule is COC(=O)C(C)(N)Cn1cnc2c1CCCC2. The molecule has 2 rings (SSSR count). The molecule has 1 aromatic heterocycles. The third-order valence-corrected chi connectivity index (χ3v) is 3.26. The minimum Gasteiger partial charge on any atom is -0.468 e. The maximum atomic E-state index is 11.5. The summed E-state index contributed by atoms with van der Waals surface area (Å²) in [6.07, 6.45) is 6.21. The van der Waals surface area contributed by atoms with Gasteiger partial charge in [0.15, 0.2) is 0 Å². The van der Waals surface area contributed by atoms with Crippen LogP contribution in [0, 0.1) is 0 Å². The molecule has 0 saturated carbocycles. The third kappa shape index (κ3) is 2.34. The summed E-state index contributed by atoms with van der Waals surface area (Å²) in [5, 5.41) is 0. The number of fused-ring (bicyclic) bond motifs is 1. The van der Waals surface area contributed by atoms with E-state index in [1.807, 2.05) is 4.57 Å². The van der Waals surface area contributed by atoms with E-state index in [2.05, 4.69) is 4.98 Å². The van der Waals surface area contributed by atoms with Crippen LogP contribution >= 0.6 is 0 Å². The predicted molar refractivity (Wildman–Crippen MR) is 63.5 cm³/mol. The second kappa shape index (κ2) is 4.49. The maximum absolute atomic E-state index is 11.5. The van der Waals surface area contributed by atoms with Gasteiger partial charge in [-0.15, -0.1) is 0 Å². The number of carbonyl (C=O) groups is 1. The summed E-state index contributed by atoms with van der Waals surface area (Å²) in [5.74, 6) is -0.393. The molecule has 1 aromatic rings. The van der Waals surface area contributed by atoms with Crippen molar-refractivity contribution in [2.45, 2.75) is 44.7 Å². The number of methoxy groups -OCH3 is 1. The molecule has 0 fully saturated rings. The summed E-state index contributed by atoms with van der Waals surface area (Å²) in [6.45, 7) is 2.11. The zero-order valence-corrected chi connectivity index (χ0v) is 10.4. The first-order chi connectivity index (χ1) is 8.04. The van der Waals surface area contributed by atoms with Gasteiger partial charge in [-0.3, -0.25) is 4.79 Å². The minimum absolute atomic E-state index is 0.393. The van der Waals surface area contributed by atoms with E-state index in [1.165, 1.54) is 25.6 Å². The standard InChI is InChI=1S/C12H19N3O2/c1-12(13,11(16)17-2)7-15-8-14-9-5-3-4-6-10(9)15/h8H,3-7,13H2,1-2H3. The monoisotopic (exact) mass is 237 g/mol. The molecule has 0 amide bonds. The smallest absolute Gasteiger partial charge is 0.327 e. The van der Waals surface area contributed by atoms with E-state index in [1.54, 1.807) is 13.3 Å². The highest BCUT2D eigenvalue weighted by atomic mass is 16.5. The maximum Gasteiger partial charge on any atom is 0.327 e. The van der Waals surface area contributed by atoms with Crippen LogP contribution in [-0.4, -0.2) is 28.2 Å². The Morgan fingerprint density at radius 1 is 1.59 bits per heavy atom. The Balaban J connectivity index is 2.19. The zero-order chi connectivity index (χ0) is 12.5. The van der Waals surface area contributed by atoms with Gasteiger partial charge in [0.1, 0.15) is 5.54 Å². The lowest BCUT2D eigenvalue weighted by molar-refractivity contribution is -0.146. The Bertz CT molecular complexity index is 423. The van der Waals surface area contributed by atoms with Crippen molar-refractivity contribution in [1.82, 2.24) is 9.55 Å². The Morgan fingerprint density at radius 2 is 2.29 bits per heavy atom. The van der Waals surface area contributed by atoms with Crippen molar-refractivity contribution < 1.29 is 9.53 Å². The molecule has 0 aromatic carbocycles. The van der Waals surface area contributed by atoms with Gasteiger partial charge in [-0.2, -0.15) is 0 Å². The van der Waals surface area contributed by atoms with Crippen molar-refractivity contribution in [3.63, 3.8) is 0 Å². The Kier molecular flexibility index (Phi) is 3.19. The summed E-state index contributed by atoms with van der Waals surface area (Å²) >= 11 is 0. The molecule has 1 heterocycles. The molecule has 0 bridgehead atoms. The highest BCUT2D eigenvalue weighted by Crippen LogP contribution is 2.21. The zero-order valence-electron chi connectivity index (χ0n) is 10.4. The molecule has 0 saturated heterocycles. The highest BCUT2D eigenvalue weighted by molar-refractivity contribution is 5.79. The number of esters is 1. The van der Waals surface area contributed by atoms with Crippen LogP contribution in [0.1, 0.15) is 31.2 Å². The number of hydrogen-bond acceptors (Lipinski definition) is 4. The number of hydrogen-bond donors (Lipinski definition) is 1. The Hall–Kier alpha value is -1.36. The summed E-state index contributed by atoms with van der Waals surface area (Å²) in [5.41, 5.74) is 7.34. The van der Waals surface area contributed by atoms with Crippen molar-refractivity contribution in [2.24, 2.45) is 5.73 Å². The quantitative estimate of drug-likeness (QED) is 0.784. The fourth-order valence-electron chi connectivity index (χ4n) is 2.32. The average Bonchev–Trinajstić information content (AvgIpc) is 2.71. The first-order valence-corrected chi connectivity index (χ1v) is 5.95. The molecule has 94 valence electrons. The average molecular weight is 237 g/mol. The van der Waals surface area contributed by atoms with Crippen molar-refractivity contribution in [2.75, 3.05) is 7.11 Å². The van der Waals surface area contributed by atoms with Gasteiger partial charge in [0, 0.05) is 5.69 Å². The lowest BCUT2D eigenvalue weighted by Crippen LogP contribution is -2.49. The van der Waals surface area contributed by atoms with Crippen LogP contribution in [0.3, 0.4) is 0 Å². The Labute approximate surface area is 101 Å². The summed E-state index contributed by atoms with van der Waals surface area (Å²) in [6, 6.07) is 0. The number of nitrogens with two attached hydrogens (primary N) is 1. The normalized spacial score (nSPS) is 18.3. The molecule has 5 nitrogen and oxygen atoms in total. The van der Waals surface area contributed by atoms with Gasteiger partial charge in [0.25, 0.3) is 0 Å². The molecule has 5 heteroatoms. The Morgan fingerprint density at radius 3 is 3.00 bits per heavy atom. The molecule has 1 atom stereocenters. The van der Waals surface area contributed by atoms with Gasteiger partial charge >= 0.3 is 5.97 Å². The molecule has 0 spiro atoms. The van der Waals surface area contributed by atoms with Crippen molar-refractivity contribution in [3.8, 4) is 0 Å². The van der Waals surface area contributed by atoms with Gasteiger partial charge in [0.2, 0.25) is 0 Å². The highest BCUT2D eigenvalue weighted by Gasteiger charge is 2.31.